The fourth-order valence-electron chi connectivity index (χ4n) is 5.89. The van der Waals surface area contributed by atoms with Gasteiger partial charge in [-0.2, -0.15) is 0 Å². The molecule has 6 rings (SSSR count). The molecular formula is C23H21F3N4O3. The van der Waals surface area contributed by atoms with Crippen LogP contribution in [0.5, 0.6) is 0 Å². The van der Waals surface area contributed by atoms with Crippen molar-refractivity contribution in [2.24, 2.45) is 10.8 Å². The molecule has 0 aliphatic heterocycles. The molecule has 33 heavy (non-hydrogen) atoms. The number of amides is 1. The molecule has 2 bridgehead atoms. The van der Waals surface area contributed by atoms with E-state index < -0.39 is 52.1 Å². The molecule has 0 saturated heterocycles. The number of halogens is 3. The standard InChI is InChI=1S/C23H21F3N4O3/c1-11(17-15(26)6-13(25)7-27-17)28-19(31)18(23-8-22(2,9-23)10-23)30-20(32)14-5-12(24)3-4-16(14)29-21(30)33/h3-7,11,18H,8-10H2,1-2H3,(H,28,31)(H,29,33)/t11-,18+,22?,23?/m1/s1. The smallest absolute Gasteiger partial charge is 0.329 e. The number of H-pyrrole nitrogens is 1. The minimum Gasteiger partial charge on any atom is -0.346 e. The van der Waals surface area contributed by atoms with Crippen LogP contribution in [0.15, 0.2) is 40.1 Å². The maximum absolute atomic E-state index is 14.2. The summed E-state index contributed by atoms with van der Waals surface area (Å²) >= 11 is 0. The number of aromatic nitrogens is 3. The molecule has 2 atom stereocenters. The quantitative estimate of drug-likeness (QED) is 0.614. The van der Waals surface area contributed by atoms with E-state index in [2.05, 4.69) is 22.2 Å². The third-order valence-electron chi connectivity index (χ3n) is 6.92. The SMILES string of the molecule is C[C@@H](NC(=O)[C@H](n1c(=O)[nH]c2ccc(F)cc2c1=O)C12CC(C)(C1)C2)c1ncc(F)cc1F. The van der Waals surface area contributed by atoms with Gasteiger partial charge in [0.15, 0.2) is 0 Å². The molecule has 0 unspecified atom stereocenters. The predicted molar refractivity (Wildman–Crippen MR) is 113 cm³/mol. The first-order chi connectivity index (χ1) is 15.5. The van der Waals surface area contributed by atoms with Crippen LogP contribution in [0.3, 0.4) is 0 Å². The lowest BCUT2D eigenvalue weighted by atomic mass is 9.34. The van der Waals surface area contributed by atoms with Gasteiger partial charge in [-0.15, -0.1) is 0 Å². The average molecular weight is 458 g/mol. The van der Waals surface area contributed by atoms with Crippen molar-refractivity contribution in [2.75, 3.05) is 0 Å². The Morgan fingerprint density at radius 2 is 1.85 bits per heavy atom. The van der Waals surface area contributed by atoms with Gasteiger partial charge in [-0.1, -0.05) is 6.92 Å². The van der Waals surface area contributed by atoms with Crippen molar-refractivity contribution >= 4 is 16.8 Å². The van der Waals surface area contributed by atoms with Gasteiger partial charge in [0, 0.05) is 11.5 Å². The van der Waals surface area contributed by atoms with Gasteiger partial charge in [0.1, 0.15) is 23.5 Å². The highest BCUT2D eigenvalue weighted by atomic mass is 19.1. The molecule has 2 N–H and O–H groups in total. The molecular weight excluding hydrogens is 437 g/mol. The Morgan fingerprint density at radius 3 is 2.48 bits per heavy atom. The van der Waals surface area contributed by atoms with Gasteiger partial charge in [0.2, 0.25) is 5.91 Å². The molecule has 3 aliphatic rings. The Morgan fingerprint density at radius 1 is 1.15 bits per heavy atom. The molecule has 0 spiro atoms. The molecule has 3 aliphatic carbocycles. The number of rotatable bonds is 5. The van der Waals surface area contributed by atoms with Gasteiger partial charge in [-0.3, -0.25) is 14.6 Å². The van der Waals surface area contributed by atoms with E-state index in [4.69, 9.17) is 0 Å². The van der Waals surface area contributed by atoms with Crippen molar-refractivity contribution in [1.82, 2.24) is 19.9 Å². The Labute approximate surface area is 185 Å². The van der Waals surface area contributed by atoms with Crippen LogP contribution in [0.25, 0.3) is 10.9 Å². The van der Waals surface area contributed by atoms with E-state index in [9.17, 15) is 27.6 Å². The zero-order valence-corrected chi connectivity index (χ0v) is 17.9. The van der Waals surface area contributed by atoms with Crippen LogP contribution in [0.4, 0.5) is 13.2 Å². The summed E-state index contributed by atoms with van der Waals surface area (Å²) in [5, 5.41) is 2.58. The molecule has 1 aromatic carbocycles. The second-order valence-electron chi connectivity index (χ2n) is 9.65. The number of fused-ring (bicyclic) bond motifs is 1. The first kappa shape index (κ1) is 21.4. The summed E-state index contributed by atoms with van der Waals surface area (Å²) in [6.45, 7) is 3.54. The van der Waals surface area contributed by atoms with E-state index >= 15 is 0 Å². The number of hydrogen-bond donors (Lipinski definition) is 2. The van der Waals surface area contributed by atoms with E-state index in [0.717, 1.165) is 22.9 Å². The highest BCUT2D eigenvalue weighted by Crippen LogP contribution is 2.76. The van der Waals surface area contributed by atoms with Crippen molar-refractivity contribution in [1.29, 1.82) is 0 Å². The molecule has 2 heterocycles. The lowest BCUT2D eigenvalue weighted by Gasteiger charge is -2.71. The Balaban J connectivity index is 1.57. The van der Waals surface area contributed by atoms with Gasteiger partial charge in [0.25, 0.3) is 5.56 Å². The van der Waals surface area contributed by atoms with Gasteiger partial charge in [-0.05, 0) is 49.8 Å². The molecule has 3 aromatic rings. The summed E-state index contributed by atoms with van der Waals surface area (Å²) in [7, 11) is 0. The Kier molecular flexibility index (Phi) is 4.56. The summed E-state index contributed by atoms with van der Waals surface area (Å²) in [5.74, 6) is -3.08. The molecule has 2 aromatic heterocycles. The number of hydrogen-bond acceptors (Lipinski definition) is 4. The van der Waals surface area contributed by atoms with Crippen molar-refractivity contribution in [3.8, 4) is 0 Å². The normalized spacial score (nSPS) is 25.1. The molecule has 3 fully saturated rings. The monoisotopic (exact) mass is 458 g/mol. The van der Waals surface area contributed by atoms with E-state index in [-0.39, 0.29) is 22.0 Å². The Hall–Kier alpha value is -3.43. The van der Waals surface area contributed by atoms with Gasteiger partial charge < -0.3 is 10.3 Å². The molecule has 10 heteroatoms. The van der Waals surface area contributed by atoms with Crippen LogP contribution in [-0.2, 0) is 4.79 Å². The van der Waals surface area contributed by atoms with E-state index in [1.807, 2.05) is 0 Å². The van der Waals surface area contributed by atoms with Gasteiger partial charge in [-0.25, -0.2) is 22.5 Å². The van der Waals surface area contributed by atoms with Gasteiger partial charge >= 0.3 is 5.69 Å². The number of pyridine rings is 1. The molecule has 172 valence electrons. The third-order valence-corrected chi connectivity index (χ3v) is 6.92. The van der Waals surface area contributed by atoms with Crippen LogP contribution >= 0.6 is 0 Å². The largest absolute Gasteiger partial charge is 0.346 e. The van der Waals surface area contributed by atoms with Crippen LogP contribution in [0.2, 0.25) is 0 Å². The van der Waals surface area contributed by atoms with Crippen LogP contribution < -0.4 is 16.6 Å². The van der Waals surface area contributed by atoms with Crippen molar-refractivity contribution in [2.45, 2.75) is 45.2 Å². The second-order valence-corrected chi connectivity index (χ2v) is 9.65. The Bertz CT molecular complexity index is 1410. The number of aromatic amines is 1. The minimum absolute atomic E-state index is 0.0497. The number of nitrogens with zero attached hydrogens (tertiary/aromatic N) is 2. The highest BCUT2D eigenvalue weighted by molar-refractivity contribution is 5.83. The number of carbonyl (C=O) groups excluding carboxylic acids is 1. The lowest BCUT2D eigenvalue weighted by molar-refractivity contribution is -0.219. The zero-order valence-electron chi connectivity index (χ0n) is 17.9. The van der Waals surface area contributed by atoms with Crippen molar-refractivity contribution in [3.05, 3.63) is 74.4 Å². The summed E-state index contributed by atoms with van der Waals surface area (Å²) in [4.78, 5) is 45.9. The molecule has 1 amide bonds. The van der Waals surface area contributed by atoms with Crippen LogP contribution in [-0.4, -0.2) is 20.4 Å². The highest BCUT2D eigenvalue weighted by Gasteiger charge is 2.70. The first-order valence-electron chi connectivity index (χ1n) is 10.6. The van der Waals surface area contributed by atoms with Gasteiger partial charge in [0.05, 0.1) is 28.8 Å². The summed E-state index contributed by atoms with van der Waals surface area (Å²) in [5.41, 5.74) is -2.12. The first-order valence-corrected chi connectivity index (χ1v) is 10.6. The molecule has 0 radical (unpaired) electrons. The minimum atomic E-state index is -1.17. The van der Waals surface area contributed by atoms with Crippen molar-refractivity contribution in [3.63, 3.8) is 0 Å². The molecule has 3 saturated carbocycles. The maximum Gasteiger partial charge on any atom is 0.329 e. The van der Waals surface area contributed by atoms with E-state index in [1.165, 1.54) is 13.0 Å². The fraction of sp³-hybridized carbons (Fsp3) is 0.391. The number of benzene rings is 1. The zero-order chi connectivity index (χ0) is 23.7. The number of nitrogens with one attached hydrogen (secondary N) is 2. The van der Waals surface area contributed by atoms with E-state index in [0.29, 0.717) is 25.3 Å². The summed E-state index contributed by atoms with van der Waals surface area (Å²) in [6, 6.07) is 1.98. The summed E-state index contributed by atoms with van der Waals surface area (Å²) in [6.07, 6.45) is 2.77. The van der Waals surface area contributed by atoms with E-state index in [1.54, 1.807) is 0 Å². The van der Waals surface area contributed by atoms with Crippen molar-refractivity contribution < 1.29 is 18.0 Å². The van der Waals surface area contributed by atoms with Crippen LogP contribution in [0.1, 0.15) is 50.9 Å². The average Bonchev–Trinajstić information content (AvgIpc) is 2.68. The summed E-state index contributed by atoms with van der Waals surface area (Å²) < 4.78 is 42.1. The number of carbonyl (C=O) groups is 1. The van der Waals surface area contributed by atoms with Crippen LogP contribution in [0, 0.1) is 28.3 Å². The predicted octanol–water partition coefficient (Wildman–Crippen LogP) is 3.11. The molecule has 7 nitrogen and oxygen atoms in total. The second kappa shape index (κ2) is 7.03. The maximum atomic E-state index is 14.2. The topological polar surface area (TPSA) is 96.9 Å². The lowest BCUT2D eigenvalue weighted by Crippen LogP contribution is -2.67. The third kappa shape index (κ3) is 3.27. The fourth-order valence-corrected chi connectivity index (χ4v) is 5.89.